The molecule has 2 aromatic carbocycles. The second-order valence-electron chi connectivity index (χ2n) is 9.81. The average molecular weight is 499 g/mol. The van der Waals surface area contributed by atoms with Crippen LogP contribution in [0.5, 0.6) is 0 Å². The fourth-order valence-electron chi connectivity index (χ4n) is 4.85. The number of anilines is 2. The molecule has 2 aliphatic rings. The van der Waals surface area contributed by atoms with E-state index in [4.69, 9.17) is 15.2 Å². The molecule has 2 aliphatic heterocycles. The highest BCUT2D eigenvalue weighted by Gasteiger charge is 2.33. The van der Waals surface area contributed by atoms with Gasteiger partial charge in [-0.05, 0) is 36.2 Å². The van der Waals surface area contributed by atoms with Gasteiger partial charge in [0.1, 0.15) is 17.7 Å². The summed E-state index contributed by atoms with van der Waals surface area (Å²) in [4.78, 5) is 39.9. The molecule has 10 heteroatoms. The zero-order valence-electron chi connectivity index (χ0n) is 20.9. The summed E-state index contributed by atoms with van der Waals surface area (Å²) in [5.74, 6) is 1.27. The van der Waals surface area contributed by atoms with Crippen molar-refractivity contribution in [3.05, 3.63) is 59.9 Å². The predicted octanol–water partition coefficient (Wildman–Crippen LogP) is 2.79. The van der Waals surface area contributed by atoms with Crippen molar-refractivity contribution >= 4 is 34.3 Å². The molecule has 3 aromatic rings. The fraction of sp³-hybridized carbons (Fsp3) is 0.370. The Morgan fingerprint density at radius 2 is 2.00 bits per heavy atom. The van der Waals surface area contributed by atoms with Crippen LogP contribution in [0.1, 0.15) is 25.2 Å². The first-order valence-corrected chi connectivity index (χ1v) is 12.5. The van der Waals surface area contributed by atoms with Crippen molar-refractivity contribution in [2.75, 3.05) is 36.8 Å². The Balaban J connectivity index is 1.40. The fourth-order valence-corrected chi connectivity index (χ4v) is 4.85. The van der Waals surface area contributed by atoms with Crippen LogP contribution in [0.4, 0.5) is 16.3 Å². The van der Waals surface area contributed by atoms with Crippen molar-refractivity contribution in [1.82, 2.24) is 25.1 Å². The lowest BCUT2D eigenvalue weighted by Gasteiger charge is -2.41. The Kier molecular flexibility index (Phi) is 6.88. The number of nitrogens with zero attached hydrogens (tertiary/aromatic N) is 5. The average Bonchev–Trinajstić information content (AvgIpc) is 2.92. The van der Waals surface area contributed by atoms with Crippen LogP contribution >= 0.6 is 0 Å². The summed E-state index contributed by atoms with van der Waals surface area (Å²) >= 11 is 0. The molecule has 0 radical (unpaired) electrons. The normalized spacial score (nSPS) is 20.3. The van der Waals surface area contributed by atoms with Gasteiger partial charge in [-0.15, -0.1) is 0 Å². The van der Waals surface area contributed by atoms with Gasteiger partial charge < -0.3 is 20.9 Å². The standard InChI is InChI=1S/C27H30N8O2/c1-17(2)24-26(36)29-14-20-15-35(27(37)30-19-7-5-6-18(12-19)13-28)11-10-34(20)16-23-31-22-9-4-3-8-21(22)25(32-23)33-24/h3-9,12,17,20,24H,10-11,14-16H2,1-2H3,(H,29,36)(H,30,37)(H,31,32,33)/t20?,24-/m0/s1. The summed E-state index contributed by atoms with van der Waals surface area (Å²) in [5, 5.41) is 19.4. The van der Waals surface area contributed by atoms with E-state index in [2.05, 4.69) is 26.9 Å². The van der Waals surface area contributed by atoms with E-state index in [1.165, 1.54) is 0 Å². The number of rotatable bonds is 2. The third-order valence-corrected chi connectivity index (χ3v) is 6.88. The molecule has 3 N–H and O–H groups in total. The molecule has 5 rings (SSSR count). The number of nitrogens with one attached hydrogen (secondary N) is 3. The van der Waals surface area contributed by atoms with Gasteiger partial charge in [-0.25, -0.2) is 14.8 Å². The molecule has 3 heterocycles. The lowest BCUT2D eigenvalue weighted by atomic mass is 10.0. The molecule has 0 aliphatic carbocycles. The number of carbonyl (C=O) groups is 2. The SMILES string of the molecule is CC(C)[C@@H]1Nc2nc(nc3ccccc23)CN2CCN(C(=O)Nc3cccc(C#N)c3)CC2CNC1=O. The van der Waals surface area contributed by atoms with Crippen molar-refractivity contribution in [1.29, 1.82) is 5.26 Å². The third kappa shape index (κ3) is 5.32. The summed E-state index contributed by atoms with van der Waals surface area (Å²) < 4.78 is 0. The molecule has 37 heavy (non-hydrogen) atoms. The van der Waals surface area contributed by atoms with Crippen LogP contribution < -0.4 is 16.0 Å². The van der Waals surface area contributed by atoms with Crippen LogP contribution in [-0.4, -0.2) is 70.0 Å². The maximum absolute atomic E-state index is 13.3. The van der Waals surface area contributed by atoms with Gasteiger partial charge in [-0.3, -0.25) is 9.69 Å². The molecule has 1 unspecified atom stereocenters. The van der Waals surface area contributed by atoms with Crippen molar-refractivity contribution < 1.29 is 9.59 Å². The first-order chi connectivity index (χ1) is 17.9. The molecular formula is C27H30N8O2. The number of para-hydroxylation sites is 1. The van der Waals surface area contributed by atoms with Gasteiger partial charge >= 0.3 is 6.03 Å². The van der Waals surface area contributed by atoms with Crippen molar-refractivity contribution in [3.8, 4) is 6.07 Å². The molecule has 1 fully saturated rings. The first kappa shape index (κ1) is 24.5. The van der Waals surface area contributed by atoms with E-state index >= 15 is 0 Å². The predicted molar refractivity (Wildman–Crippen MR) is 141 cm³/mol. The van der Waals surface area contributed by atoms with Crippen LogP contribution in [0.25, 0.3) is 10.9 Å². The number of piperazine rings is 1. The zero-order valence-corrected chi connectivity index (χ0v) is 20.9. The van der Waals surface area contributed by atoms with Crippen molar-refractivity contribution in [2.45, 2.75) is 32.5 Å². The zero-order chi connectivity index (χ0) is 25.9. The highest BCUT2D eigenvalue weighted by atomic mass is 16.2. The van der Waals surface area contributed by atoms with Gasteiger partial charge in [0.15, 0.2) is 0 Å². The van der Waals surface area contributed by atoms with Gasteiger partial charge in [-0.2, -0.15) is 5.26 Å². The van der Waals surface area contributed by atoms with Crippen LogP contribution in [0, 0.1) is 17.2 Å². The van der Waals surface area contributed by atoms with E-state index in [0.29, 0.717) is 55.6 Å². The number of benzene rings is 2. The van der Waals surface area contributed by atoms with Crippen molar-refractivity contribution in [3.63, 3.8) is 0 Å². The molecule has 0 spiro atoms. The van der Waals surface area contributed by atoms with E-state index < -0.39 is 6.04 Å². The molecule has 1 aromatic heterocycles. The van der Waals surface area contributed by atoms with Gasteiger partial charge in [0.2, 0.25) is 5.91 Å². The minimum atomic E-state index is -0.465. The highest BCUT2D eigenvalue weighted by molar-refractivity contribution is 5.92. The maximum atomic E-state index is 13.3. The number of carbonyl (C=O) groups excluding carboxylic acids is 2. The van der Waals surface area contributed by atoms with E-state index in [1.54, 1.807) is 29.2 Å². The van der Waals surface area contributed by atoms with Gasteiger partial charge in [-0.1, -0.05) is 32.0 Å². The van der Waals surface area contributed by atoms with Gasteiger partial charge in [0.05, 0.1) is 23.7 Å². The summed E-state index contributed by atoms with van der Waals surface area (Å²) in [6.07, 6.45) is 0. The Hall–Kier alpha value is -4.23. The molecule has 10 nitrogen and oxygen atoms in total. The van der Waals surface area contributed by atoms with E-state index in [-0.39, 0.29) is 23.9 Å². The summed E-state index contributed by atoms with van der Waals surface area (Å²) in [6, 6.07) is 15.9. The van der Waals surface area contributed by atoms with E-state index in [1.807, 2.05) is 38.1 Å². The lowest BCUT2D eigenvalue weighted by molar-refractivity contribution is -0.123. The number of nitriles is 1. The van der Waals surface area contributed by atoms with Crippen LogP contribution in [-0.2, 0) is 11.3 Å². The summed E-state index contributed by atoms with van der Waals surface area (Å²) in [6.45, 7) is 6.46. The van der Waals surface area contributed by atoms with Gasteiger partial charge in [0.25, 0.3) is 0 Å². The Labute approximate surface area is 215 Å². The second kappa shape index (κ2) is 10.4. The Bertz CT molecular complexity index is 1370. The molecule has 190 valence electrons. The molecule has 2 atom stereocenters. The first-order valence-electron chi connectivity index (χ1n) is 12.5. The molecule has 2 bridgehead atoms. The largest absolute Gasteiger partial charge is 0.358 e. The Morgan fingerprint density at radius 3 is 2.81 bits per heavy atom. The molecule has 1 saturated heterocycles. The van der Waals surface area contributed by atoms with E-state index in [0.717, 1.165) is 10.9 Å². The van der Waals surface area contributed by atoms with Crippen molar-refractivity contribution in [2.24, 2.45) is 5.92 Å². The Morgan fingerprint density at radius 1 is 1.16 bits per heavy atom. The topological polar surface area (TPSA) is 126 Å². The number of hydrogen-bond donors (Lipinski definition) is 3. The lowest BCUT2D eigenvalue weighted by Crippen LogP contribution is -2.59. The maximum Gasteiger partial charge on any atom is 0.321 e. The summed E-state index contributed by atoms with van der Waals surface area (Å²) in [5.41, 5.74) is 1.88. The second-order valence-corrected chi connectivity index (χ2v) is 9.81. The number of hydrogen-bond acceptors (Lipinski definition) is 7. The quantitative estimate of drug-likeness (QED) is 0.496. The minimum Gasteiger partial charge on any atom is -0.358 e. The van der Waals surface area contributed by atoms with Crippen LogP contribution in [0.15, 0.2) is 48.5 Å². The van der Waals surface area contributed by atoms with Crippen LogP contribution in [0.2, 0.25) is 0 Å². The van der Waals surface area contributed by atoms with Gasteiger partial charge in [0, 0.05) is 43.3 Å². The van der Waals surface area contributed by atoms with E-state index in [9.17, 15) is 9.59 Å². The summed E-state index contributed by atoms with van der Waals surface area (Å²) in [7, 11) is 0. The number of aromatic nitrogens is 2. The number of amides is 3. The molecular weight excluding hydrogens is 468 g/mol. The van der Waals surface area contributed by atoms with Crippen LogP contribution in [0.3, 0.4) is 0 Å². The third-order valence-electron chi connectivity index (χ3n) is 6.88. The number of urea groups is 1. The molecule has 3 amide bonds. The molecule has 0 saturated carbocycles. The smallest absolute Gasteiger partial charge is 0.321 e. The monoisotopic (exact) mass is 498 g/mol. The number of fused-ring (bicyclic) bond motifs is 5. The minimum absolute atomic E-state index is 0.0341. The highest BCUT2D eigenvalue weighted by Crippen LogP contribution is 2.24.